The van der Waals surface area contributed by atoms with E-state index in [1.165, 1.54) is 5.56 Å². The van der Waals surface area contributed by atoms with Gasteiger partial charge in [-0.05, 0) is 56.9 Å². The largest absolute Gasteiger partial charge is 0.489 e. The summed E-state index contributed by atoms with van der Waals surface area (Å²) in [7, 11) is 0. The third kappa shape index (κ3) is 6.15. The van der Waals surface area contributed by atoms with Gasteiger partial charge in [-0.25, -0.2) is 4.79 Å². The molecule has 28 heavy (non-hydrogen) atoms. The van der Waals surface area contributed by atoms with Gasteiger partial charge in [0.05, 0.1) is 6.54 Å². The van der Waals surface area contributed by atoms with Gasteiger partial charge in [0.1, 0.15) is 17.5 Å². The van der Waals surface area contributed by atoms with Gasteiger partial charge in [-0.3, -0.25) is 0 Å². The van der Waals surface area contributed by atoms with E-state index >= 15 is 0 Å². The smallest absolute Gasteiger partial charge is 0.410 e. The van der Waals surface area contributed by atoms with Crippen molar-refractivity contribution in [2.45, 2.75) is 45.3 Å². The molecule has 1 amide bonds. The number of nitrogens with zero attached hydrogens (tertiary/aromatic N) is 1. The van der Waals surface area contributed by atoms with E-state index in [-0.39, 0.29) is 12.2 Å². The fourth-order valence-corrected chi connectivity index (χ4v) is 3.13. The van der Waals surface area contributed by atoms with Gasteiger partial charge in [0.2, 0.25) is 0 Å². The third-order valence-corrected chi connectivity index (χ3v) is 4.48. The predicted molar refractivity (Wildman–Crippen MR) is 113 cm³/mol. The lowest BCUT2D eigenvalue weighted by Crippen LogP contribution is -2.46. The molecule has 2 aromatic carbocycles. The maximum Gasteiger partial charge on any atom is 0.410 e. The van der Waals surface area contributed by atoms with E-state index in [2.05, 4.69) is 24.3 Å². The van der Waals surface area contributed by atoms with Crippen LogP contribution in [0.25, 0.3) is 12.2 Å². The molecule has 0 radical (unpaired) electrons. The summed E-state index contributed by atoms with van der Waals surface area (Å²) in [6.07, 6.45) is 5.77. The van der Waals surface area contributed by atoms with Crippen LogP contribution in [-0.2, 0) is 4.74 Å². The molecule has 3 rings (SSSR count). The monoisotopic (exact) mass is 379 g/mol. The second-order valence-corrected chi connectivity index (χ2v) is 8.12. The van der Waals surface area contributed by atoms with Crippen molar-refractivity contribution in [2.75, 3.05) is 13.1 Å². The number of piperidine rings is 1. The number of carbonyl (C=O) groups excluding carboxylic acids is 1. The number of hydrogen-bond donors (Lipinski definition) is 0. The Kier molecular flexibility index (Phi) is 6.40. The highest BCUT2D eigenvalue weighted by Crippen LogP contribution is 2.21. The van der Waals surface area contributed by atoms with E-state index in [1.54, 1.807) is 4.90 Å². The molecule has 2 aromatic rings. The van der Waals surface area contributed by atoms with Crippen LogP contribution in [0.15, 0.2) is 54.6 Å². The minimum Gasteiger partial charge on any atom is -0.489 e. The maximum atomic E-state index is 12.3. The van der Waals surface area contributed by atoms with Crippen molar-refractivity contribution in [3.05, 3.63) is 65.7 Å². The van der Waals surface area contributed by atoms with Crippen LogP contribution in [0.2, 0.25) is 0 Å². The van der Waals surface area contributed by atoms with Crippen molar-refractivity contribution in [1.29, 1.82) is 0 Å². The van der Waals surface area contributed by atoms with Crippen LogP contribution in [-0.4, -0.2) is 35.8 Å². The van der Waals surface area contributed by atoms with Crippen molar-refractivity contribution in [3.8, 4) is 5.75 Å². The Bertz CT molecular complexity index is 791. The number of carbonyl (C=O) groups is 1. The quantitative estimate of drug-likeness (QED) is 0.646. The molecular weight excluding hydrogens is 350 g/mol. The summed E-state index contributed by atoms with van der Waals surface area (Å²) in [4.78, 5) is 14.0. The van der Waals surface area contributed by atoms with Crippen LogP contribution in [0.3, 0.4) is 0 Å². The summed E-state index contributed by atoms with van der Waals surface area (Å²) in [6.45, 7) is 6.94. The zero-order valence-electron chi connectivity index (χ0n) is 16.9. The molecule has 1 fully saturated rings. The van der Waals surface area contributed by atoms with Crippen molar-refractivity contribution in [3.63, 3.8) is 0 Å². The second-order valence-electron chi connectivity index (χ2n) is 8.12. The molecule has 1 aliphatic heterocycles. The first kappa shape index (κ1) is 20.0. The molecule has 1 aliphatic rings. The van der Waals surface area contributed by atoms with E-state index < -0.39 is 5.60 Å². The molecule has 0 aromatic heterocycles. The standard InChI is InChI=1S/C24H29NO3/c1-24(2,3)28-23(26)25-17-7-10-22(18-25)27-21-15-13-20(14-16-21)12-11-19-8-5-4-6-9-19/h4-6,8-9,11-16,22H,7,10,17-18H2,1-3H3/b12-11+. The topological polar surface area (TPSA) is 38.8 Å². The SMILES string of the molecule is CC(C)(C)OC(=O)N1CCCC(Oc2ccc(/C=C/c3ccccc3)cc2)C1. The number of hydrogen-bond acceptors (Lipinski definition) is 3. The van der Waals surface area contributed by atoms with Crippen LogP contribution < -0.4 is 4.74 Å². The summed E-state index contributed by atoms with van der Waals surface area (Å²) in [5.74, 6) is 0.827. The lowest BCUT2D eigenvalue weighted by atomic mass is 10.1. The first-order valence-corrected chi connectivity index (χ1v) is 9.87. The van der Waals surface area contributed by atoms with Gasteiger partial charge in [0.25, 0.3) is 0 Å². The number of ether oxygens (including phenoxy) is 2. The molecule has 0 aliphatic carbocycles. The molecule has 1 heterocycles. The van der Waals surface area contributed by atoms with Gasteiger partial charge < -0.3 is 14.4 Å². The number of likely N-dealkylation sites (tertiary alicyclic amines) is 1. The Morgan fingerprint density at radius 1 is 1.00 bits per heavy atom. The number of amides is 1. The van der Waals surface area contributed by atoms with E-state index in [4.69, 9.17) is 9.47 Å². The Morgan fingerprint density at radius 3 is 2.29 bits per heavy atom. The molecule has 1 unspecified atom stereocenters. The average molecular weight is 380 g/mol. The highest BCUT2D eigenvalue weighted by molar-refractivity contribution is 5.70. The highest BCUT2D eigenvalue weighted by atomic mass is 16.6. The molecule has 148 valence electrons. The van der Waals surface area contributed by atoms with Crippen molar-refractivity contribution >= 4 is 18.2 Å². The summed E-state index contributed by atoms with van der Waals surface area (Å²) in [5, 5.41) is 0. The molecule has 4 nitrogen and oxygen atoms in total. The Labute approximate surface area is 167 Å². The second kappa shape index (κ2) is 8.96. The molecule has 0 spiro atoms. The first-order valence-electron chi connectivity index (χ1n) is 9.87. The molecule has 1 saturated heterocycles. The van der Waals surface area contributed by atoms with Crippen LogP contribution in [0.5, 0.6) is 5.75 Å². The molecule has 0 bridgehead atoms. The molecule has 4 heteroatoms. The highest BCUT2D eigenvalue weighted by Gasteiger charge is 2.28. The Morgan fingerprint density at radius 2 is 1.64 bits per heavy atom. The summed E-state index contributed by atoms with van der Waals surface area (Å²) in [6, 6.07) is 18.3. The normalized spacial score (nSPS) is 17.5. The number of rotatable bonds is 4. The Hall–Kier alpha value is -2.75. The minimum atomic E-state index is -0.478. The van der Waals surface area contributed by atoms with Gasteiger partial charge in [0.15, 0.2) is 0 Å². The number of benzene rings is 2. The summed E-state index contributed by atoms with van der Waals surface area (Å²) >= 11 is 0. The van der Waals surface area contributed by atoms with Crippen molar-refractivity contribution in [1.82, 2.24) is 4.90 Å². The van der Waals surface area contributed by atoms with E-state index in [1.807, 2.05) is 63.2 Å². The van der Waals surface area contributed by atoms with Crippen molar-refractivity contribution < 1.29 is 14.3 Å². The van der Waals surface area contributed by atoms with E-state index in [9.17, 15) is 4.79 Å². The molecule has 0 N–H and O–H groups in total. The first-order chi connectivity index (χ1) is 13.4. The van der Waals surface area contributed by atoms with Gasteiger partial charge in [-0.15, -0.1) is 0 Å². The average Bonchev–Trinajstić information content (AvgIpc) is 2.67. The molecule has 1 atom stereocenters. The van der Waals surface area contributed by atoms with Crippen LogP contribution in [0.4, 0.5) is 4.79 Å². The fourth-order valence-electron chi connectivity index (χ4n) is 3.13. The summed E-state index contributed by atoms with van der Waals surface area (Å²) in [5.41, 5.74) is 1.82. The zero-order chi connectivity index (χ0) is 20.0. The molecule has 0 saturated carbocycles. The van der Waals surface area contributed by atoms with Crippen LogP contribution >= 0.6 is 0 Å². The van der Waals surface area contributed by atoms with E-state index in [0.717, 1.165) is 30.7 Å². The van der Waals surface area contributed by atoms with Gasteiger partial charge in [-0.1, -0.05) is 54.6 Å². The molecular formula is C24H29NO3. The van der Waals surface area contributed by atoms with Crippen LogP contribution in [0, 0.1) is 0 Å². The fraction of sp³-hybridized carbons (Fsp3) is 0.375. The maximum absolute atomic E-state index is 12.3. The lowest BCUT2D eigenvalue weighted by molar-refractivity contribution is 0.00776. The van der Waals surface area contributed by atoms with Crippen LogP contribution in [0.1, 0.15) is 44.7 Å². The lowest BCUT2D eigenvalue weighted by Gasteiger charge is -2.34. The summed E-state index contributed by atoms with van der Waals surface area (Å²) < 4.78 is 11.6. The van der Waals surface area contributed by atoms with Gasteiger partial charge in [-0.2, -0.15) is 0 Å². The van der Waals surface area contributed by atoms with E-state index in [0.29, 0.717) is 6.54 Å². The predicted octanol–water partition coefficient (Wildman–Crippen LogP) is 5.64. The Balaban J connectivity index is 1.55. The van der Waals surface area contributed by atoms with Crippen molar-refractivity contribution in [2.24, 2.45) is 0 Å². The van der Waals surface area contributed by atoms with Gasteiger partial charge >= 0.3 is 6.09 Å². The third-order valence-electron chi connectivity index (χ3n) is 4.48. The minimum absolute atomic E-state index is 0.00743. The van der Waals surface area contributed by atoms with Gasteiger partial charge in [0, 0.05) is 6.54 Å². The zero-order valence-corrected chi connectivity index (χ0v) is 16.9.